The molecule has 26 heavy (non-hydrogen) atoms. The van der Waals surface area contributed by atoms with Gasteiger partial charge in [-0.2, -0.15) is 0 Å². The fourth-order valence-electron chi connectivity index (χ4n) is 2.65. The molecule has 0 aliphatic heterocycles. The lowest BCUT2D eigenvalue weighted by Gasteiger charge is -2.09. The van der Waals surface area contributed by atoms with Gasteiger partial charge in [0.1, 0.15) is 0 Å². The summed E-state index contributed by atoms with van der Waals surface area (Å²) in [5.74, 6) is 0.358. The normalized spacial score (nSPS) is 12.0. The highest BCUT2D eigenvalue weighted by Gasteiger charge is 2.15. The van der Waals surface area contributed by atoms with Gasteiger partial charge in [-0.25, -0.2) is 13.1 Å². The second-order valence-electron chi connectivity index (χ2n) is 6.41. The summed E-state index contributed by atoms with van der Waals surface area (Å²) in [5, 5.41) is 1.20. The van der Waals surface area contributed by atoms with Crippen molar-refractivity contribution in [2.24, 2.45) is 0 Å². The van der Waals surface area contributed by atoms with Crippen LogP contribution in [0.15, 0.2) is 58.2 Å². The van der Waals surface area contributed by atoms with E-state index in [0.29, 0.717) is 16.5 Å². The summed E-state index contributed by atoms with van der Waals surface area (Å²) in [6.45, 7) is 4.08. The van der Waals surface area contributed by atoms with E-state index in [9.17, 15) is 13.2 Å². The van der Waals surface area contributed by atoms with E-state index < -0.39 is 10.0 Å². The van der Waals surface area contributed by atoms with E-state index in [4.69, 9.17) is 11.6 Å². The SMILES string of the molecule is CC(C)c1ccc2[nH]c(=O)c(CNS(=O)(=O)c3cccc(Cl)c3)cc2c1. The van der Waals surface area contributed by atoms with Crippen molar-refractivity contribution in [2.75, 3.05) is 0 Å². The van der Waals surface area contributed by atoms with Crippen molar-refractivity contribution in [3.8, 4) is 0 Å². The minimum Gasteiger partial charge on any atom is -0.322 e. The highest BCUT2D eigenvalue weighted by Crippen LogP contribution is 2.20. The molecule has 0 aliphatic rings. The van der Waals surface area contributed by atoms with Gasteiger partial charge in [0.15, 0.2) is 0 Å². The zero-order valence-electron chi connectivity index (χ0n) is 14.4. The fraction of sp³-hybridized carbons (Fsp3) is 0.211. The Hall–Kier alpha value is -2.15. The Morgan fingerprint density at radius 3 is 2.58 bits per heavy atom. The topological polar surface area (TPSA) is 79.0 Å². The van der Waals surface area contributed by atoms with Gasteiger partial charge in [-0.3, -0.25) is 4.79 Å². The van der Waals surface area contributed by atoms with Crippen LogP contribution in [0.2, 0.25) is 5.02 Å². The van der Waals surface area contributed by atoms with E-state index in [-0.39, 0.29) is 17.0 Å². The summed E-state index contributed by atoms with van der Waals surface area (Å²) in [6, 6.07) is 13.5. The zero-order valence-corrected chi connectivity index (χ0v) is 16.0. The van der Waals surface area contributed by atoms with Gasteiger partial charge in [-0.15, -0.1) is 0 Å². The summed E-state index contributed by atoms with van der Waals surface area (Å²) in [5.41, 5.74) is 1.91. The molecule has 0 spiro atoms. The summed E-state index contributed by atoms with van der Waals surface area (Å²) in [7, 11) is -3.76. The monoisotopic (exact) mass is 390 g/mol. The Labute approximate surface area is 157 Å². The number of sulfonamides is 1. The van der Waals surface area contributed by atoms with Crippen molar-refractivity contribution in [3.05, 3.63) is 75.0 Å². The maximum absolute atomic E-state index is 12.4. The molecule has 3 rings (SSSR count). The third-order valence-electron chi connectivity index (χ3n) is 4.17. The first-order valence-corrected chi connectivity index (χ1v) is 10.0. The molecule has 0 aliphatic carbocycles. The second kappa shape index (κ2) is 7.23. The zero-order chi connectivity index (χ0) is 18.9. The number of pyridine rings is 1. The molecule has 7 heteroatoms. The van der Waals surface area contributed by atoms with Crippen molar-refractivity contribution in [3.63, 3.8) is 0 Å². The molecule has 0 saturated heterocycles. The number of H-pyrrole nitrogens is 1. The Balaban J connectivity index is 1.90. The lowest BCUT2D eigenvalue weighted by Crippen LogP contribution is -2.27. The number of hydrogen-bond acceptors (Lipinski definition) is 3. The highest BCUT2D eigenvalue weighted by molar-refractivity contribution is 7.89. The Bertz CT molecular complexity index is 1120. The molecule has 1 heterocycles. The van der Waals surface area contributed by atoms with Gasteiger partial charge >= 0.3 is 0 Å². The number of nitrogens with one attached hydrogen (secondary N) is 2. The van der Waals surface area contributed by atoms with E-state index in [1.54, 1.807) is 18.2 Å². The van der Waals surface area contributed by atoms with Gasteiger partial charge < -0.3 is 4.98 Å². The molecule has 0 saturated carbocycles. The van der Waals surface area contributed by atoms with E-state index in [1.165, 1.54) is 12.1 Å². The molecular weight excluding hydrogens is 372 g/mol. The standard InChI is InChI=1S/C19H19ClN2O3S/c1-12(2)13-6-7-18-14(8-13)9-15(19(23)22-18)11-21-26(24,25)17-5-3-4-16(20)10-17/h3-10,12,21H,11H2,1-2H3,(H,22,23). The Morgan fingerprint density at radius 1 is 1.12 bits per heavy atom. The van der Waals surface area contributed by atoms with Crippen LogP contribution in [0.5, 0.6) is 0 Å². The molecule has 3 aromatic rings. The molecule has 0 bridgehead atoms. The molecule has 1 aromatic heterocycles. The second-order valence-corrected chi connectivity index (χ2v) is 8.61. The first-order valence-electron chi connectivity index (χ1n) is 8.17. The number of aromatic nitrogens is 1. The van der Waals surface area contributed by atoms with Gasteiger partial charge in [-0.1, -0.05) is 37.6 Å². The summed E-state index contributed by atoms with van der Waals surface area (Å²) in [4.78, 5) is 15.1. The molecule has 5 nitrogen and oxygen atoms in total. The average Bonchev–Trinajstić information content (AvgIpc) is 2.59. The van der Waals surface area contributed by atoms with E-state index >= 15 is 0 Å². The van der Waals surface area contributed by atoms with Crippen LogP contribution in [-0.2, 0) is 16.6 Å². The molecule has 0 unspecified atom stereocenters. The van der Waals surface area contributed by atoms with Crippen LogP contribution in [0.4, 0.5) is 0 Å². The van der Waals surface area contributed by atoms with E-state index in [2.05, 4.69) is 23.6 Å². The van der Waals surface area contributed by atoms with Crippen LogP contribution in [0.3, 0.4) is 0 Å². The minimum atomic E-state index is -3.76. The predicted molar refractivity (Wildman–Crippen MR) is 104 cm³/mol. The quantitative estimate of drug-likeness (QED) is 0.695. The number of rotatable bonds is 5. The summed E-state index contributed by atoms with van der Waals surface area (Å²) >= 11 is 5.85. The van der Waals surface area contributed by atoms with Gasteiger partial charge in [0.05, 0.1) is 4.90 Å². The number of aromatic amines is 1. The first-order chi connectivity index (χ1) is 12.3. The lowest BCUT2D eigenvalue weighted by atomic mass is 10.0. The minimum absolute atomic E-state index is 0.0595. The van der Waals surface area contributed by atoms with Crippen LogP contribution < -0.4 is 10.3 Å². The van der Waals surface area contributed by atoms with Crippen LogP contribution in [0, 0.1) is 0 Å². The van der Waals surface area contributed by atoms with Gasteiger partial charge in [-0.05, 0) is 53.3 Å². The van der Waals surface area contributed by atoms with Gasteiger partial charge in [0, 0.05) is 22.6 Å². The molecule has 2 N–H and O–H groups in total. The maximum Gasteiger partial charge on any atom is 0.252 e. The molecule has 0 fully saturated rings. The number of halogens is 1. The Morgan fingerprint density at radius 2 is 1.88 bits per heavy atom. The van der Waals surface area contributed by atoms with Crippen molar-refractivity contribution < 1.29 is 8.42 Å². The lowest BCUT2D eigenvalue weighted by molar-refractivity contribution is 0.581. The molecule has 136 valence electrons. The predicted octanol–water partition coefficient (Wildman–Crippen LogP) is 3.78. The van der Waals surface area contributed by atoms with Gasteiger partial charge in [0.2, 0.25) is 10.0 Å². The van der Waals surface area contributed by atoms with Gasteiger partial charge in [0.25, 0.3) is 5.56 Å². The first kappa shape index (κ1) is 18.6. The van der Waals surface area contributed by atoms with Crippen molar-refractivity contribution in [1.29, 1.82) is 0 Å². The van der Waals surface area contributed by atoms with Crippen molar-refractivity contribution in [1.82, 2.24) is 9.71 Å². The third-order valence-corrected chi connectivity index (χ3v) is 5.80. The maximum atomic E-state index is 12.4. The summed E-state index contributed by atoms with van der Waals surface area (Å²) < 4.78 is 27.2. The number of hydrogen-bond donors (Lipinski definition) is 2. The molecule has 2 aromatic carbocycles. The summed E-state index contributed by atoms with van der Waals surface area (Å²) in [6.07, 6.45) is 0. The van der Waals surface area contributed by atoms with E-state index in [1.807, 2.05) is 18.2 Å². The van der Waals surface area contributed by atoms with Crippen LogP contribution >= 0.6 is 11.6 Å². The smallest absolute Gasteiger partial charge is 0.252 e. The van der Waals surface area contributed by atoms with E-state index in [0.717, 1.165) is 16.5 Å². The molecule has 0 radical (unpaired) electrons. The highest BCUT2D eigenvalue weighted by atomic mass is 35.5. The largest absolute Gasteiger partial charge is 0.322 e. The average molecular weight is 391 g/mol. The molecule has 0 atom stereocenters. The van der Waals surface area contributed by atoms with Crippen molar-refractivity contribution in [2.45, 2.75) is 31.2 Å². The third kappa shape index (κ3) is 3.98. The van der Waals surface area contributed by atoms with Crippen LogP contribution in [0.25, 0.3) is 10.9 Å². The number of fused-ring (bicyclic) bond motifs is 1. The van der Waals surface area contributed by atoms with Crippen molar-refractivity contribution >= 4 is 32.5 Å². The van der Waals surface area contributed by atoms with Crippen LogP contribution in [-0.4, -0.2) is 13.4 Å². The molecule has 0 amide bonds. The molecular formula is C19H19ClN2O3S. The fourth-order valence-corrected chi connectivity index (χ4v) is 3.96. The number of benzene rings is 2. The van der Waals surface area contributed by atoms with Crippen LogP contribution in [0.1, 0.15) is 30.9 Å². The Kier molecular flexibility index (Phi) is 5.18.